The summed E-state index contributed by atoms with van der Waals surface area (Å²) in [6.45, 7) is -0.369. The lowest BCUT2D eigenvalue weighted by molar-refractivity contribution is -0.119. The van der Waals surface area contributed by atoms with E-state index in [1.54, 1.807) is 12.1 Å². The van der Waals surface area contributed by atoms with Crippen LogP contribution in [0.25, 0.3) is 10.8 Å². The third-order valence-corrected chi connectivity index (χ3v) is 3.09. The van der Waals surface area contributed by atoms with E-state index in [0.717, 1.165) is 10.8 Å². The smallest absolute Gasteiger partial charge is 0.374 e. The average molecular weight is 295 g/mol. The van der Waals surface area contributed by atoms with Gasteiger partial charge in [0, 0.05) is 5.69 Å². The quantitative estimate of drug-likeness (QED) is 0.750. The molecule has 3 rings (SSSR count). The molecule has 22 heavy (non-hydrogen) atoms. The van der Waals surface area contributed by atoms with Gasteiger partial charge in [0.15, 0.2) is 6.61 Å². The number of carbonyl (C=O) groups excluding carboxylic acids is 2. The molecule has 5 nitrogen and oxygen atoms in total. The zero-order chi connectivity index (χ0) is 15.4. The van der Waals surface area contributed by atoms with Gasteiger partial charge < -0.3 is 14.5 Å². The van der Waals surface area contributed by atoms with Crippen molar-refractivity contribution in [2.45, 2.75) is 0 Å². The summed E-state index contributed by atoms with van der Waals surface area (Å²) >= 11 is 0. The highest BCUT2D eigenvalue weighted by atomic mass is 16.5. The number of fused-ring (bicyclic) bond motifs is 1. The summed E-state index contributed by atoms with van der Waals surface area (Å²) in [5.74, 6) is -1.01. The number of ether oxygens (including phenoxy) is 1. The van der Waals surface area contributed by atoms with Crippen molar-refractivity contribution in [3.8, 4) is 0 Å². The van der Waals surface area contributed by atoms with Crippen LogP contribution in [0.4, 0.5) is 5.69 Å². The van der Waals surface area contributed by atoms with Crippen LogP contribution in [0.15, 0.2) is 65.3 Å². The second-order valence-corrected chi connectivity index (χ2v) is 4.66. The predicted octanol–water partition coefficient (Wildman–Crippen LogP) is 3.23. The van der Waals surface area contributed by atoms with E-state index in [4.69, 9.17) is 9.15 Å². The molecule has 0 aliphatic heterocycles. The van der Waals surface area contributed by atoms with Crippen molar-refractivity contribution >= 4 is 28.3 Å². The van der Waals surface area contributed by atoms with Crippen molar-refractivity contribution in [1.82, 2.24) is 0 Å². The molecule has 2 aromatic carbocycles. The first kappa shape index (κ1) is 13.9. The molecule has 0 unspecified atom stereocenters. The summed E-state index contributed by atoms with van der Waals surface area (Å²) < 4.78 is 9.75. The average Bonchev–Trinajstić information content (AvgIpc) is 3.07. The number of rotatable bonds is 4. The standard InChI is InChI=1S/C17H13NO4/c19-16(11-22-17(20)15-6-3-9-21-15)18-14-8-7-12-4-1-2-5-13(12)10-14/h1-10H,11H2,(H,18,19). The summed E-state index contributed by atoms with van der Waals surface area (Å²) in [6.07, 6.45) is 1.37. The molecule has 0 saturated heterocycles. The summed E-state index contributed by atoms with van der Waals surface area (Å²) in [7, 11) is 0. The number of benzene rings is 2. The van der Waals surface area contributed by atoms with Crippen molar-refractivity contribution in [3.63, 3.8) is 0 Å². The Kier molecular flexibility index (Phi) is 3.87. The Morgan fingerprint density at radius 1 is 1.00 bits per heavy atom. The van der Waals surface area contributed by atoms with E-state index >= 15 is 0 Å². The topological polar surface area (TPSA) is 68.5 Å². The van der Waals surface area contributed by atoms with Gasteiger partial charge in [0.25, 0.3) is 5.91 Å². The fraction of sp³-hybridized carbons (Fsp3) is 0.0588. The lowest BCUT2D eigenvalue weighted by atomic mass is 10.1. The lowest BCUT2D eigenvalue weighted by Crippen LogP contribution is -2.20. The summed E-state index contributed by atoms with van der Waals surface area (Å²) in [5, 5.41) is 4.80. The third kappa shape index (κ3) is 3.15. The molecule has 1 heterocycles. The van der Waals surface area contributed by atoms with Crippen LogP contribution in [-0.4, -0.2) is 18.5 Å². The normalized spacial score (nSPS) is 10.4. The number of hydrogen-bond acceptors (Lipinski definition) is 4. The van der Waals surface area contributed by atoms with E-state index in [1.165, 1.54) is 12.3 Å². The van der Waals surface area contributed by atoms with Gasteiger partial charge in [-0.25, -0.2) is 4.79 Å². The Labute approximate surface area is 126 Å². The minimum absolute atomic E-state index is 0.0681. The molecule has 5 heteroatoms. The molecule has 0 aliphatic rings. The van der Waals surface area contributed by atoms with Crippen LogP contribution in [0.2, 0.25) is 0 Å². The minimum Gasteiger partial charge on any atom is -0.457 e. The van der Waals surface area contributed by atoms with E-state index in [9.17, 15) is 9.59 Å². The number of esters is 1. The molecule has 1 aromatic heterocycles. The monoisotopic (exact) mass is 295 g/mol. The molecule has 3 aromatic rings. The third-order valence-electron chi connectivity index (χ3n) is 3.09. The fourth-order valence-corrected chi connectivity index (χ4v) is 2.06. The van der Waals surface area contributed by atoms with E-state index in [1.807, 2.05) is 36.4 Å². The Hall–Kier alpha value is -3.08. The second-order valence-electron chi connectivity index (χ2n) is 4.66. The van der Waals surface area contributed by atoms with Gasteiger partial charge >= 0.3 is 5.97 Å². The lowest BCUT2D eigenvalue weighted by Gasteiger charge is -2.07. The maximum Gasteiger partial charge on any atom is 0.374 e. The maximum absolute atomic E-state index is 11.8. The Bertz CT molecular complexity index is 808. The largest absolute Gasteiger partial charge is 0.457 e. The molecule has 0 bridgehead atoms. The van der Waals surface area contributed by atoms with Crippen molar-refractivity contribution < 1.29 is 18.7 Å². The van der Waals surface area contributed by atoms with Gasteiger partial charge in [0.1, 0.15) is 0 Å². The Morgan fingerprint density at radius 3 is 2.59 bits per heavy atom. The number of furan rings is 1. The van der Waals surface area contributed by atoms with E-state index < -0.39 is 11.9 Å². The molecule has 0 atom stereocenters. The number of anilines is 1. The van der Waals surface area contributed by atoms with E-state index in [2.05, 4.69) is 5.32 Å². The van der Waals surface area contributed by atoms with Crippen molar-refractivity contribution in [1.29, 1.82) is 0 Å². The van der Waals surface area contributed by atoms with Crippen molar-refractivity contribution in [2.75, 3.05) is 11.9 Å². The zero-order valence-electron chi connectivity index (χ0n) is 11.6. The van der Waals surface area contributed by atoms with Crippen LogP contribution < -0.4 is 5.32 Å². The van der Waals surface area contributed by atoms with Crippen molar-refractivity contribution in [3.05, 3.63) is 66.6 Å². The number of nitrogens with one attached hydrogen (secondary N) is 1. The van der Waals surface area contributed by atoms with Crippen LogP contribution in [-0.2, 0) is 9.53 Å². The van der Waals surface area contributed by atoms with Gasteiger partial charge in [0.2, 0.25) is 5.76 Å². The van der Waals surface area contributed by atoms with Gasteiger partial charge in [0.05, 0.1) is 6.26 Å². The highest BCUT2D eigenvalue weighted by Gasteiger charge is 2.12. The van der Waals surface area contributed by atoms with Crippen LogP contribution in [0.3, 0.4) is 0 Å². The number of amides is 1. The van der Waals surface area contributed by atoms with Gasteiger partial charge in [-0.05, 0) is 35.0 Å². The molecule has 0 fully saturated rings. The number of hydrogen-bond donors (Lipinski definition) is 1. The van der Waals surface area contributed by atoms with Crippen LogP contribution >= 0.6 is 0 Å². The molecule has 1 N–H and O–H groups in total. The SMILES string of the molecule is O=C(COC(=O)c1ccco1)Nc1ccc2ccccc2c1. The van der Waals surface area contributed by atoms with Gasteiger partial charge in [-0.3, -0.25) is 4.79 Å². The van der Waals surface area contributed by atoms with E-state index in [-0.39, 0.29) is 12.4 Å². The van der Waals surface area contributed by atoms with Gasteiger partial charge in [-0.2, -0.15) is 0 Å². The van der Waals surface area contributed by atoms with Crippen LogP contribution in [0.1, 0.15) is 10.6 Å². The van der Waals surface area contributed by atoms with Crippen LogP contribution in [0.5, 0.6) is 0 Å². The molecular weight excluding hydrogens is 282 g/mol. The first-order valence-corrected chi connectivity index (χ1v) is 6.72. The molecule has 0 radical (unpaired) electrons. The highest BCUT2D eigenvalue weighted by Crippen LogP contribution is 2.18. The summed E-state index contributed by atoms with van der Waals surface area (Å²) in [4.78, 5) is 23.3. The first-order chi connectivity index (χ1) is 10.7. The molecule has 0 saturated carbocycles. The van der Waals surface area contributed by atoms with Crippen molar-refractivity contribution in [2.24, 2.45) is 0 Å². The van der Waals surface area contributed by atoms with Gasteiger partial charge in [-0.15, -0.1) is 0 Å². The summed E-state index contributed by atoms with van der Waals surface area (Å²) in [5.41, 5.74) is 0.651. The van der Waals surface area contributed by atoms with Gasteiger partial charge in [-0.1, -0.05) is 30.3 Å². The molecular formula is C17H13NO4. The van der Waals surface area contributed by atoms with Crippen LogP contribution in [0, 0.1) is 0 Å². The zero-order valence-corrected chi connectivity index (χ0v) is 11.6. The Morgan fingerprint density at radius 2 is 1.82 bits per heavy atom. The predicted molar refractivity (Wildman–Crippen MR) is 81.6 cm³/mol. The molecule has 0 spiro atoms. The Balaban J connectivity index is 1.59. The van der Waals surface area contributed by atoms with E-state index in [0.29, 0.717) is 5.69 Å². The minimum atomic E-state index is -0.668. The number of carbonyl (C=O) groups is 2. The second kappa shape index (κ2) is 6.13. The molecule has 1 amide bonds. The first-order valence-electron chi connectivity index (χ1n) is 6.72. The maximum atomic E-state index is 11.8. The summed E-state index contributed by atoms with van der Waals surface area (Å²) in [6, 6.07) is 16.5. The highest BCUT2D eigenvalue weighted by molar-refractivity contribution is 5.96. The fourth-order valence-electron chi connectivity index (χ4n) is 2.06. The molecule has 110 valence electrons. The molecule has 0 aliphatic carbocycles.